The summed E-state index contributed by atoms with van der Waals surface area (Å²) in [5.41, 5.74) is 1.35. The smallest absolute Gasteiger partial charge is 0.101 e. The fraction of sp³-hybridized carbons (Fsp3) is 0.417. The summed E-state index contributed by atoms with van der Waals surface area (Å²) in [6, 6.07) is 7.25. The summed E-state index contributed by atoms with van der Waals surface area (Å²) in [6.45, 7) is 0.890. The molecule has 2 N–H and O–H groups in total. The summed E-state index contributed by atoms with van der Waals surface area (Å²) in [5, 5.41) is 21.9. The lowest BCUT2D eigenvalue weighted by Crippen LogP contribution is -2.19. The Labute approximate surface area is 99.7 Å². The molecule has 0 aromatic heterocycles. The SMILES string of the molecule is N#Cc1ccc(Cl)cc1NCC1(CO)CC1. The standard InChI is InChI=1S/C12H13ClN2O/c13-10-2-1-9(6-14)11(5-10)15-7-12(8-16)3-4-12/h1-2,5,15-16H,3-4,7-8H2. The zero-order valence-electron chi connectivity index (χ0n) is 8.83. The Hall–Kier alpha value is -1.24. The third kappa shape index (κ3) is 2.29. The molecule has 0 heterocycles. The van der Waals surface area contributed by atoms with E-state index >= 15 is 0 Å². The Balaban J connectivity index is 2.09. The molecule has 0 spiro atoms. The highest BCUT2D eigenvalue weighted by atomic mass is 35.5. The number of nitrogens with one attached hydrogen (secondary N) is 1. The van der Waals surface area contributed by atoms with E-state index in [0.717, 1.165) is 18.5 Å². The molecule has 0 unspecified atom stereocenters. The molecule has 1 aromatic rings. The molecule has 4 heteroatoms. The van der Waals surface area contributed by atoms with E-state index < -0.39 is 0 Å². The van der Waals surface area contributed by atoms with Crippen molar-refractivity contribution in [2.24, 2.45) is 5.41 Å². The summed E-state index contributed by atoms with van der Waals surface area (Å²) in [4.78, 5) is 0. The second kappa shape index (κ2) is 4.32. The topological polar surface area (TPSA) is 56.0 Å². The van der Waals surface area contributed by atoms with Gasteiger partial charge in [0.1, 0.15) is 6.07 Å². The molecule has 3 nitrogen and oxygen atoms in total. The second-order valence-electron chi connectivity index (χ2n) is 4.31. The van der Waals surface area contributed by atoms with Crippen LogP contribution < -0.4 is 5.32 Å². The minimum atomic E-state index is 0.0229. The van der Waals surface area contributed by atoms with Gasteiger partial charge in [0.2, 0.25) is 0 Å². The van der Waals surface area contributed by atoms with Crippen molar-refractivity contribution in [1.82, 2.24) is 0 Å². The summed E-state index contributed by atoms with van der Waals surface area (Å²) < 4.78 is 0. The van der Waals surface area contributed by atoms with Crippen LogP contribution in [0.1, 0.15) is 18.4 Å². The zero-order valence-corrected chi connectivity index (χ0v) is 9.59. The predicted octanol–water partition coefficient (Wildman–Crippen LogP) is 2.40. The van der Waals surface area contributed by atoms with Crippen LogP contribution >= 0.6 is 11.6 Å². The second-order valence-corrected chi connectivity index (χ2v) is 4.75. The van der Waals surface area contributed by atoms with E-state index in [4.69, 9.17) is 16.9 Å². The third-order valence-corrected chi connectivity index (χ3v) is 3.28. The maximum Gasteiger partial charge on any atom is 0.101 e. The maximum absolute atomic E-state index is 9.18. The van der Waals surface area contributed by atoms with E-state index in [9.17, 15) is 5.11 Å². The van der Waals surface area contributed by atoms with Gasteiger partial charge in [-0.25, -0.2) is 0 Å². The van der Waals surface area contributed by atoms with Crippen LogP contribution in [-0.4, -0.2) is 18.3 Å². The maximum atomic E-state index is 9.18. The summed E-state index contributed by atoms with van der Waals surface area (Å²) >= 11 is 5.87. The van der Waals surface area contributed by atoms with E-state index in [1.54, 1.807) is 18.2 Å². The van der Waals surface area contributed by atoms with Crippen molar-refractivity contribution in [2.75, 3.05) is 18.5 Å². The van der Waals surface area contributed by atoms with Crippen molar-refractivity contribution in [2.45, 2.75) is 12.8 Å². The fourth-order valence-electron chi connectivity index (χ4n) is 1.61. The number of aliphatic hydroxyl groups excluding tert-OH is 1. The molecule has 2 rings (SSSR count). The summed E-state index contributed by atoms with van der Waals surface area (Å²) in [5.74, 6) is 0. The number of rotatable bonds is 4. The zero-order chi connectivity index (χ0) is 11.6. The highest BCUT2D eigenvalue weighted by molar-refractivity contribution is 6.30. The first-order valence-electron chi connectivity index (χ1n) is 5.23. The minimum absolute atomic E-state index is 0.0229. The van der Waals surface area contributed by atoms with Crippen molar-refractivity contribution in [1.29, 1.82) is 5.26 Å². The number of anilines is 1. The van der Waals surface area contributed by atoms with Gasteiger partial charge in [-0.05, 0) is 31.0 Å². The van der Waals surface area contributed by atoms with E-state index in [1.807, 2.05) is 0 Å². The predicted molar refractivity (Wildman–Crippen MR) is 63.4 cm³/mol. The molecule has 84 valence electrons. The molecule has 0 saturated heterocycles. The van der Waals surface area contributed by atoms with Crippen LogP contribution in [0.2, 0.25) is 5.02 Å². The van der Waals surface area contributed by atoms with Crippen molar-refractivity contribution < 1.29 is 5.11 Å². The van der Waals surface area contributed by atoms with Gasteiger partial charge in [0.15, 0.2) is 0 Å². The number of halogens is 1. The quantitative estimate of drug-likeness (QED) is 0.844. The number of nitriles is 1. The molecule has 1 fully saturated rings. The number of hydrogen-bond donors (Lipinski definition) is 2. The van der Waals surface area contributed by atoms with E-state index in [-0.39, 0.29) is 12.0 Å². The molecule has 1 aliphatic rings. The van der Waals surface area contributed by atoms with Crippen LogP contribution in [0, 0.1) is 16.7 Å². The normalized spacial score (nSPS) is 16.6. The van der Waals surface area contributed by atoms with Crippen molar-refractivity contribution in [3.8, 4) is 6.07 Å². The van der Waals surface area contributed by atoms with E-state index in [2.05, 4.69) is 11.4 Å². The molecule has 1 saturated carbocycles. The summed E-state index contributed by atoms with van der Waals surface area (Å²) in [7, 11) is 0. The molecule has 1 aromatic carbocycles. The third-order valence-electron chi connectivity index (χ3n) is 3.05. The Kier molecular flexibility index (Phi) is 3.04. The Morgan fingerprint density at radius 1 is 1.50 bits per heavy atom. The Morgan fingerprint density at radius 2 is 2.25 bits per heavy atom. The molecule has 1 aliphatic carbocycles. The first kappa shape index (κ1) is 11.3. The Bertz CT molecular complexity index is 435. The lowest BCUT2D eigenvalue weighted by molar-refractivity contribution is 0.220. The van der Waals surface area contributed by atoms with Crippen LogP contribution in [-0.2, 0) is 0 Å². The van der Waals surface area contributed by atoms with E-state index in [0.29, 0.717) is 17.1 Å². The van der Waals surface area contributed by atoms with Crippen LogP contribution in [0.15, 0.2) is 18.2 Å². The highest BCUT2D eigenvalue weighted by Gasteiger charge is 2.41. The molecule has 16 heavy (non-hydrogen) atoms. The van der Waals surface area contributed by atoms with Gasteiger partial charge in [0.05, 0.1) is 17.9 Å². The van der Waals surface area contributed by atoms with Crippen molar-refractivity contribution >= 4 is 17.3 Å². The van der Waals surface area contributed by atoms with Crippen LogP contribution in [0.3, 0.4) is 0 Å². The van der Waals surface area contributed by atoms with Crippen molar-refractivity contribution in [3.63, 3.8) is 0 Å². The lowest BCUT2D eigenvalue weighted by atomic mass is 10.1. The fourth-order valence-corrected chi connectivity index (χ4v) is 1.78. The molecule has 0 bridgehead atoms. The number of nitrogens with zero attached hydrogens (tertiary/aromatic N) is 1. The van der Waals surface area contributed by atoms with Gasteiger partial charge in [-0.2, -0.15) is 5.26 Å². The lowest BCUT2D eigenvalue weighted by Gasteiger charge is -2.14. The average Bonchev–Trinajstić information content (AvgIpc) is 3.07. The van der Waals surface area contributed by atoms with Gasteiger partial charge < -0.3 is 10.4 Å². The van der Waals surface area contributed by atoms with Gasteiger partial charge in [0.25, 0.3) is 0 Å². The van der Waals surface area contributed by atoms with E-state index in [1.165, 1.54) is 0 Å². The molecular weight excluding hydrogens is 224 g/mol. The average molecular weight is 237 g/mol. The van der Waals surface area contributed by atoms with Crippen LogP contribution in [0.25, 0.3) is 0 Å². The van der Waals surface area contributed by atoms with Gasteiger partial charge in [0, 0.05) is 17.0 Å². The molecule has 0 amide bonds. The first-order chi connectivity index (χ1) is 7.69. The molecule has 0 radical (unpaired) electrons. The first-order valence-corrected chi connectivity index (χ1v) is 5.61. The van der Waals surface area contributed by atoms with Crippen molar-refractivity contribution in [3.05, 3.63) is 28.8 Å². The number of hydrogen-bond acceptors (Lipinski definition) is 3. The number of aliphatic hydroxyl groups is 1. The molecular formula is C12H13ClN2O. The molecule has 0 aliphatic heterocycles. The van der Waals surface area contributed by atoms with Gasteiger partial charge in [-0.15, -0.1) is 0 Å². The van der Waals surface area contributed by atoms with Crippen LogP contribution in [0.5, 0.6) is 0 Å². The Morgan fingerprint density at radius 3 is 2.81 bits per heavy atom. The highest BCUT2D eigenvalue weighted by Crippen LogP contribution is 2.45. The summed E-state index contributed by atoms with van der Waals surface area (Å²) in [6.07, 6.45) is 2.08. The minimum Gasteiger partial charge on any atom is -0.396 e. The van der Waals surface area contributed by atoms with Gasteiger partial charge >= 0.3 is 0 Å². The largest absolute Gasteiger partial charge is 0.396 e. The van der Waals surface area contributed by atoms with Gasteiger partial charge in [-0.3, -0.25) is 0 Å². The number of benzene rings is 1. The van der Waals surface area contributed by atoms with Crippen LogP contribution in [0.4, 0.5) is 5.69 Å². The monoisotopic (exact) mass is 236 g/mol. The molecule has 0 atom stereocenters. The van der Waals surface area contributed by atoms with Gasteiger partial charge in [-0.1, -0.05) is 11.6 Å².